The van der Waals surface area contributed by atoms with Crippen LogP contribution >= 0.6 is 23.2 Å². The van der Waals surface area contributed by atoms with Gasteiger partial charge in [-0.15, -0.1) is 0 Å². The Morgan fingerprint density at radius 3 is 2.68 bits per heavy atom. The summed E-state index contributed by atoms with van der Waals surface area (Å²) in [7, 11) is 1.57. The summed E-state index contributed by atoms with van der Waals surface area (Å²) >= 11 is 12.0. The normalized spacial score (nSPS) is 10.8. The average molecular weight is 414 g/mol. The van der Waals surface area contributed by atoms with Gasteiger partial charge < -0.3 is 9.47 Å². The van der Waals surface area contributed by atoms with Crippen molar-refractivity contribution in [3.8, 4) is 11.5 Å². The highest BCUT2D eigenvalue weighted by atomic mass is 35.5. The van der Waals surface area contributed by atoms with Crippen molar-refractivity contribution < 1.29 is 14.3 Å². The Balaban J connectivity index is 1.83. The molecule has 3 aromatic rings. The van der Waals surface area contributed by atoms with E-state index in [1.807, 2.05) is 18.2 Å². The van der Waals surface area contributed by atoms with E-state index in [0.717, 1.165) is 11.1 Å². The number of carbonyl (C=O) groups excluding carboxylic acids is 1. The molecule has 1 aromatic heterocycles. The van der Waals surface area contributed by atoms with Crippen LogP contribution in [-0.2, 0) is 6.61 Å². The molecule has 0 saturated heterocycles. The molecule has 0 aliphatic carbocycles. The van der Waals surface area contributed by atoms with E-state index in [9.17, 15) is 4.79 Å². The fraction of sp³-hybridized carbons (Fsp3) is 0.0909. The first-order valence-electron chi connectivity index (χ1n) is 8.44. The largest absolute Gasteiger partial charge is 0.493 e. The molecule has 0 spiro atoms. The predicted molar refractivity (Wildman–Crippen MR) is 111 cm³/mol. The zero-order valence-electron chi connectivity index (χ0n) is 15.1. The van der Waals surface area contributed by atoms with Gasteiger partial charge in [0.15, 0.2) is 17.3 Å². The lowest BCUT2D eigenvalue weighted by Gasteiger charge is -2.14. The first-order chi connectivity index (χ1) is 13.6. The molecule has 0 amide bonds. The fourth-order valence-corrected chi connectivity index (χ4v) is 2.86. The second-order valence-electron chi connectivity index (χ2n) is 5.86. The molecule has 0 unspecified atom stereocenters. The minimum atomic E-state index is -0.147. The topological polar surface area (TPSA) is 48.4 Å². The number of aromatic nitrogens is 1. The van der Waals surface area contributed by atoms with Gasteiger partial charge in [-0.25, -0.2) is 0 Å². The van der Waals surface area contributed by atoms with Crippen molar-refractivity contribution in [2.75, 3.05) is 7.11 Å². The number of carbonyl (C=O) groups is 1. The molecule has 2 aromatic carbocycles. The van der Waals surface area contributed by atoms with E-state index in [1.165, 1.54) is 12.3 Å². The van der Waals surface area contributed by atoms with E-state index >= 15 is 0 Å². The summed E-state index contributed by atoms with van der Waals surface area (Å²) in [6.45, 7) is 0.272. The molecule has 3 rings (SSSR count). The number of halogens is 2. The Kier molecular flexibility index (Phi) is 6.69. The molecule has 0 radical (unpaired) electrons. The fourth-order valence-electron chi connectivity index (χ4n) is 2.53. The summed E-state index contributed by atoms with van der Waals surface area (Å²) in [5, 5.41) is 0.949. The Morgan fingerprint density at radius 1 is 1.11 bits per heavy atom. The van der Waals surface area contributed by atoms with Crippen LogP contribution in [0.15, 0.2) is 67.0 Å². The van der Waals surface area contributed by atoms with Crippen LogP contribution in [0.5, 0.6) is 11.5 Å². The molecular weight excluding hydrogens is 397 g/mol. The van der Waals surface area contributed by atoms with Crippen LogP contribution in [0.4, 0.5) is 0 Å². The lowest BCUT2D eigenvalue weighted by Crippen LogP contribution is -2.00. The van der Waals surface area contributed by atoms with Crippen molar-refractivity contribution in [3.05, 3.63) is 93.7 Å². The van der Waals surface area contributed by atoms with Gasteiger partial charge >= 0.3 is 0 Å². The third kappa shape index (κ3) is 4.91. The number of hydrogen-bond donors (Lipinski definition) is 0. The van der Waals surface area contributed by atoms with Crippen molar-refractivity contribution in [3.63, 3.8) is 0 Å². The van der Waals surface area contributed by atoms with E-state index in [-0.39, 0.29) is 12.4 Å². The third-order valence-electron chi connectivity index (χ3n) is 3.96. The zero-order chi connectivity index (χ0) is 19.9. The molecule has 0 aliphatic heterocycles. The summed E-state index contributed by atoms with van der Waals surface area (Å²) in [6.07, 6.45) is 6.33. The Morgan fingerprint density at radius 2 is 1.96 bits per heavy atom. The second kappa shape index (κ2) is 9.40. The van der Waals surface area contributed by atoms with Crippen LogP contribution in [0.2, 0.25) is 10.0 Å². The molecule has 1 heterocycles. The van der Waals surface area contributed by atoms with Crippen LogP contribution < -0.4 is 9.47 Å². The molecule has 142 valence electrons. The molecule has 4 nitrogen and oxygen atoms in total. The molecule has 6 heteroatoms. The van der Waals surface area contributed by atoms with Gasteiger partial charge in [0.05, 0.1) is 17.2 Å². The minimum Gasteiger partial charge on any atom is -0.493 e. The van der Waals surface area contributed by atoms with Crippen molar-refractivity contribution in [2.45, 2.75) is 6.61 Å². The van der Waals surface area contributed by atoms with Gasteiger partial charge in [0.25, 0.3) is 0 Å². The first-order valence-corrected chi connectivity index (χ1v) is 9.20. The van der Waals surface area contributed by atoms with Gasteiger partial charge in [-0.3, -0.25) is 9.78 Å². The van der Waals surface area contributed by atoms with Gasteiger partial charge in [0.2, 0.25) is 0 Å². The summed E-state index contributed by atoms with van der Waals surface area (Å²) < 4.78 is 11.4. The highest BCUT2D eigenvalue weighted by Crippen LogP contribution is 2.33. The number of hydrogen-bond acceptors (Lipinski definition) is 4. The summed E-state index contributed by atoms with van der Waals surface area (Å²) in [5.41, 5.74) is 2.10. The Labute approximate surface area is 173 Å². The predicted octanol–water partition coefficient (Wildman–Crippen LogP) is 5.87. The van der Waals surface area contributed by atoms with Crippen LogP contribution in [0.1, 0.15) is 21.5 Å². The highest BCUT2D eigenvalue weighted by molar-refractivity contribution is 6.42. The monoisotopic (exact) mass is 413 g/mol. The number of rotatable bonds is 7. The zero-order valence-corrected chi connectivity index (χ0v) is 16.6. The number of nitrogens with zero attached hydrogens (tertiary/aromatic N) is 1. The van der Waals surface area contributed by atoms with Crippen molar-refractivity contribution in [2.24, 2.45) is 0 Å². The maximum absolute atomic E-state index is 12.3. The van der Waals surface area contributed by atoms with E-state index in [1.54, 1.807) is 49.7 Å². The maximum atomic E-state index is 12.3. The quantitative estimate of drug-likeness (QED) is 0.358. The van der Waals surface area contributed by atoms with Gasteiger partial charge in [0, 0.05) is 23.5 Å². The third-order valence-corrected chi connectivity index (χ3v) is 4.70. The van der Waals surface area contributed by atoms with Crippen LogP contribution in [0.3, 0.4) is 0 Å². The standard InChI is InChI=1S/C22H17Cl2NO3/c1-27-21-6-2-4-16(8-10-20(26)17-5-3-11-25-13-17)22(21)28-14-15-7-9-18(23)19(24)12-15/h2-13H,14H2,1H3/b10-8+. The minimum absolute atomic E-state index is 0.147. The smallest absolute Gasteiger partial charge is 0.187 e. The molecule has 0 saturated carbocycles. The molecule has 28 heavy (non-hydrogen) atoms. The van der Waals surface area contributed by atoms with Crippen molar-refractivity contribution in [1.29, 1.82) is 0 Å². The first kappa shape index (κ1) is 19.9. The highest BCUT2D eigenvalue weighted by Gasteiger charge is 2.11. The lowest BCUT2D eigenvalue weighted by molar-refractivity contribution is 0.104. The van der Waals surface area contributed by atoms with Crippen LogP contribution in [0, 0.1) is 0 Å². The van der Waals surface area contributed by atoms with E-state index in [4.69, 9.17) is 32.7 Å². The van der Waals surface area contributed by atoms with E-state index in [2.05, 4.69) is 4.98 Å². The molecular formula is C22H17Cl2NO3. The number of ketones is 1. The number of methoxy groups -OCH3 is 1. The number of benzene rings is 2. The number of ether oxygens (including phenoxy) is 2. The van der Waals surface area contributed by atoms with Gasteiger partial charge in [-0.1, -0.05) is 41.4 Å². The SMILES string of the molecule is COc1cccc(/C=C/C(=O)c2cccnc2)c1OCc1ccc(Cl)c(Cl)c1. The average Bonchev–Trinajstić information content (AvgIpc) is 2.73. The number of pyridine rings is 1. The van der Waals surface area contributed by atoms with Crippen LogP contribution in [0.25, 0.3) is 6.08 Å². The lowest BCUT2D eigenvalue weighted by atomic mass is 10.1. The van der Waals surface area contributed by atoms with E-state index < -0.39 is 0 Å². The Hall–Kier alpha value is -2.82. The molecule has 0 bridgehead atoms. The summed E-state index contributed by atoms with van der Waals surface area (Å²) in [4.78, 5) is 16.3. The molecule has 0 N–H and O–H groups in total. The molecule has 0 fully saturated rings. The Bertz CT molecular complexity index is 1000. The molecule has 0 aliphatic rings. The number of para-hydroxylation sites is 1. The van der Waals surface area contributed by atoms with Gasteiger partial charge in [0.1, 0.15) is 6.61 Å². The van der Waals surface area contributed by atoms with E-state index in [0.29, 0.717) is 27.1 Å². The van der Waals surface area contributed by atoms with Gasteiger partial charge in [-0.05, 0) is 48.0 Å². The van der Waals surface area contributed by atoms with Gasteiger partial charge in [-0.2, -0.15) is 0 Å². The van der Waals surface area contributed by atoms with Crippen LogP contribution in [-0.4, -0.2) is 17.9 Å². The molecule has 0 atom stereocenters. The maximum Gasteiger partial charge on any atom is 0.187 e. The second-order valence-corrected chi connectivity index (χ2v) is 6.67. The van der Waals surface area contributed by atoms with Crippen molar-refractivity contribution >= 4 is 35.1 Å². The summed E-state index contributed by atoms with van der Waals surface area (Å²) in [6, 6.07) is 14.2. The van der Waals surface area contributed by atoms with Crippen molar-refractivity contribution in [1.82, 2.24) is 4.98 Å². The number of allylic oxidation sites excluding steroid dienone is 1. The summed E-state index contributed by atoms with van der Waals surface area (Å²) in [5.74, 6) is 0.952.